The molecule has 0 unspecified atom stereocenters. The summed E-state index contributed by atoms with van der Waals surface area (Å²) >= 11 is 0. The van der Waals surface area contributed by atoms with E-state index < -0.39 is 10.0 Å². The number of anilines is 3. The summed E-state index contributed by atoms with van der Waals surface area (Å²) in [5.41, 5.74) is 3.42. The molecule has 0 heterocycles. The number of nitrogens with one attached hydrogen (secondary N) is 2. The third-order valence-corrected chi connectivity index (χ3v) is 4.27. The molecule has 5 nitrogen and oxygen atoms in total. The van der Waals surface area contributed by atoms with E-state index in [1.165, 1.54) is 0 Å². The molecule has 0 aromatic heterocycles. The van der Waals surface area contributed by atoms with Gasteiger partial charge in [0.05, 0.1) is 6.26 Å². The molecule has 0 amide bonds. The van der Waals surface area contributed by atoms with Crippen molar-refractivity contribution in [3.8, 4) is 0 Å². The molecule has 0 aliphatic rings. The molecule has 3 aromatic rings. The lowest BCUT2D eigenvalue weighted by molar-refractivity contribution is 0.103. The summed E-state index contributed by atoms with van der Waals surface area (Å²) in [5.74, 6) is -0.0200. The molecular weight excluding hydrogens is 348 g/mol. The molecule has 0 aliphatic carbocycles. The first-order valence-corrected chi connectivity index (χ1v) is 9.84. The first-order valence-electron chi connectivity index (χ1n) is 7.95. The molecular formula is C20H18N2O3S. The van der Waals surface area contributed by atoms with Crippen LogP contribution in [0, 0.1) is 0 Å². The van der Waals surface area contributed by atoms with Crippen molar-refractivity contribution in [1.82, 2.24) is 0 Å². The van der Waals surface area contributed by atoms with Gasteiger partial charge in [-0.3, -0.25) is 9.52 Å². The van der Waals surface area contributed by atoms with Gasteiger partial charge >= 0.3 is 0 Å². The molecule has 0 fully saturated rings. The van der Waals surface area contributed by atoms with Crippen LogP contribution in [0.4, 0.5) is 17.1 Å². The molecule has 0 spiro atoms. The lowest BCUT2D eigenvalue weighted by atomic mass is 10.0. The summed E-state index contributed by atoms with van der Waals surface area (Å²) in [6, 6.07) is 23.3. The largest absolute Gasteiger partial charge is 0.356 e. The van der Waals surface area contributed by atoms with E-state index in [2.05, 4.69) is 10.0 Å². The highest BCUT2D eigenvalue weighted by molar-refractivity contribution is 7.92. The Labute approximate surface area is 152 Å². The molecule has 3 rings (SSSR count). The average molecular weight is 366 g/mol. The molecule has 26 heavy (non-hydrogen) atoms. The molecule has 2 N–H and O–H groups in total. The van der Waals surface area contributed by atoms with Crippen LogP contribution in [0.15, 0.2) is 78.9 Å². The molecule has 0 atom stereocenters. The zero-order valence-corrected chi connectivity index (χ0v) is 15.0. The van der Waals surface area contributed by atoms with Gasteiger partial charge in [0, 0.05) is 28.2 Å². The maximum atomic E-state index is 12.4. The topological polar surface area (TPSA) is 75.3 Å². The fourth-order valence-electron chi connectivity index (χ4n) is 2.46. The third-order valence-electron chi connectivity index (χ3n) is 3.66. The number of benzene rings is 3. The Kier molecular flexibility index (Phi) is 5.04. The Balaban J connectivity index is 1.69. The van der Waals surface area contributed by atoms with Crippen LogP contribution in [0.1, 0.15) is 15.9 Å². The monoisotopic (exact) mass is 366 g/mol. The molecule has 0 saturated carbocycles. The summed E-state index contributed by atoms with van der Waals surface area (Å²) in [6.45, 7) is 0. The number of ketones is 1. The second kappa shape index (κ2) is 7.41. The highest BCUT2D eigenvalue weighted by Gasteiger charge is 2.08. The van der Waals surface area contributed by atoms with Crippen molar-refractivity contribution in [3.63, 3.8) is 0 Å². The summed E-state index contributed by atoms with van der Waals surface area (Å²) in [7, 11) is -3.29. The highest BCUT2D eigenvalue weighted by Crippen LogP contribution is 2.20. The zero-order chi connectivity index (χ0) is 18.6. The van der Waals surface area contributed by atoms with Gasteiger partial charge in [-0.2, -0.15) is 0 Å². The predicted octanol–water partition coefficient (Wildman–Crippen LogP) is 4.03. The lowest BCUT2D eigenvalue weighted by Crippen LogP contribution is -2.09. The normalized spacial score (nSPS) is 11.0. The van der Waals surface area contributed by atoms with Crippen LogP contribution < -0.4 is 10.0 Å². The number of hydrogen-bond donors (Lipinski definition) is 2. The second-order valence-electron chi connectivity index (χ2n) is 5.85. The van der Waals surface area contributed by atoms with Crippen LogP contribution >= 0.6 is 0 Å². The van der Waals surface area contributed by atoms with E-state index in [-0.39, 0.29) is 5.78 Å². The van der Waals surface area contributed by atoms with E-state index in [1.807, 2.05) is 30.3 Å². The highest BCUT2D eigenvalue weighted by atomic mass is 32.2. The maximum Gasteiger partial charge on any atom is 0.229 e. The van der Waals surface area contributed by atoms with Crippen molar-refractivity contribution in [3.05, 3.63) is 90.0 Å². The maximum absolute atomic E-state index is 12.4. The Hall–Kier alpha value is -3.12. The van der Waals surface area contributed by atoms with Gasteiger partial charge in [0.15, 0.2) is 5.78 Å². The molecule has 0 bridgehead atoms. The summed E-state index contributed by atoms with van der Waals surface area (Å²) in [6.07, 6.45) is 1.11. The van der Waals surface area contributed by atoms with E-state index in [0.717, 1.165) is 17.6 Å². The van der Waals surface area contributed by atoms with E-state index in [4.69, 9.17) is 0 Å². The van der Waals surface area contributed by atoms with Crippen LogP contribution in [-0.2, 0) is 10.0 Å². The Morgan fingerprint density at radius 1 is 0.692 bits per heavy atom. The number of sulfonamides is 1. The molecule has 0 aliphatic heterocycles. The molecule has 0 saturated heterocycles. The van der Waals surface area contributed by atoms with Gasteiger partial charge in [-0.1, -0.05) is 30.3 Å². The predicted molar refractivity (Wildman–Crippen MR) is 105 cm³/mol. The number of rotatable bonds is 6. The van der Waals surface area contributed by atoms with Crippen LogP contribution in [0.2, 0.25) is 0 Å². The standard InChI is InChI=1S/C20H18N2O3S/c1-26(24,25)22-19-13-11-18(12-14-19)21-17-9-7-16(8-10-17)20(23)15-5-3-2-4-6-15/h2-14,21-22H,1H3. The average Bonchev–Trinajstić information content (AvgIpc) is 2.63. The first kappa shape index (κ1) is 17.7. The first-order chi connectivity index (χ1) is 12.4. The molecule has 0 radical (unpaired) electrons. The smallest absolute Gasteiger partial charge is 0.229 e. The number of carbonyl (C=O) groups is 1. The summed E-state index contributed by atoms with van der Waals surface area (Å²) in [5, 5.41) is 3.21. The van der Waals surface area contributed by atoms with Gasteiger partial charge in [0.1, 0.15) is 0 Å². The van der Waals surface area contributed by atoms with E-state index >= 15 is 0 Å². The van der Waals surface area contributed by atoms with Gasteiger partial charge in [-0.25, -0.2) is 8.42 Å². The van der Waals surface area contributed by atoms with Crippen LogP contribution in [0.25, 0.3) is 0 Å². The zero-order valence-electron chi connectivity index (χ0n) is 14.1. The van der Waals surface area contributed by atoms with E-state index in [9.17, 15) is 13.2 Å². The van der Waals surface area contributed by atoms with Gasteiger partial charge in [0.2, 0.25) is 10.0 Å². The minimum Gasteiger partial charge on any atom is -0.356 e. The molecule has 132 valence electrons. The van der Waals surface area contributed by atoms with Crippen molar-refractivity contribution < 1.29 is 13.2 Å². The molecule has 6 heteroatoms. The Bertz CT molecular complexity index is 997. The third kappa shape index (κ3) is 4.70. The fraction of sp³-hybridized carbons (Fsp3) is 0.0500. The Morgan fingerprint density at radius 3 is 1.69 bits per heavy atom. The quantitative estimate of drug-likeness (QED) is 0.646. The lowest BCUT2D eigenvalue weighted by Gasteiger charge is -2.09. The van der Waals surface area contributed by atoms with Gasteiger partial charge in [-0.15, -0.1) is 0 Å². The van der Waals surface area contributed by atoms with Crippen molar-refractivity contribution in [2.45, 2.75) is 0 Å². The minimum atomic E-state index is -3.29. The van der Waals surface area contributed by atoms with E-state index in [1.54, 1.807) is 48.5 Å². The van der Waals surface area contributed by atoms with Crippen molar-refractivity contribution in [1.29, 1.82) is 0 Å². The minimum absolute atomic E-state index is 0.0200. The van der Waals surface area contributed by atoms with Gasteiger partial charge in [0.25, 0.3) is 0 Å². The van der Waals surface area contributed by atoms with Crippen molar-refractivity contribution >= 4 is 32.9 Å². The SMILES string of the molecule is CS(=O)(=O)Nc1ccc(Nc2ccc(C(=O)c3ccccc3)cc2)cc1. The second-order valence-corrected chi connectivity index (χ2v) is 7.60. The van der Waals surface area contributed by atoms with Crippen LogP contribution in [0.3, 0.4) is 0 Å². The van der Waals surface area contributed by atoms with Gasteiger partial charge < -0.3 is 5.32 Å². The Morgan fingerprint density at radius 2 is 1.15 bits per heavy atom. The van der Waals surface area contributed by atoms with Gasteiger partial charge in [-0.05, 0) is 48.5 Å². The van der Waals surface area contributed by atoms with Crippen LogP contribution in [0.5, 0.6) is 0 Å². The van der Waals surface area contributed by atoms with Crippen molar-refractivity contribution in [2.75, 3.05) is 16.3 Å². The summed E-state index contributed by atoms with van der Waals surface area (Å²) < 4.78 is 24.8. The van der Waals surface area contributed by atoms with Crippen molar-refractivity contribution in [2.24, 2.45) is 0 Å². The number of hydrogen-bond acceptors (Lipinski definition) is 4. The fourth-order valence-corrected chi connectivity index (χ4v) is 3.03. The summed E-state index contributed by atoms with van der Waals surface area (Å²) in [4.78, 5) is 12.4. The molecule has 3 aromatic carbocycles. The van der Waals surface area contributed by atoms with E-state index in [0.29, 0.717) is 16.8 Å². The number of carbonyl (C=O) groups excluding carboxylic acids is 1. The van der Waals surface area contributed by atoms with Crippen LogP contribution in [-0.4, -0.2) is 20.5 Å².